The maximum Gasteiger partial charge on any atom is 0.297 e. The van der Waals surface area contributed by atoms with Crippen molar-refractivity contribution in [3.8, 4) is 6.07 Å². The van der Waals surface area contributed by atoms with Crippen molar-refractivity contribution in [1.82, 2.24) is 0 Å². The monoisotopic (exact) mass is 355 g/mol. The van der Waals surface area contributed by atoms with E-state index in [4.69, 9.17) is 9.44 Å². The molecular formula is C14H14BrNO3S. The lowest BCUT2D eigenvalue weighted by Gasteiger charge is -2.16. The van der Waals surface area contributed by atoms with Crippen molar-refractivity contribution in [2.24, 2.45) is 5.92 Å². The van der Waals surface area contributed by atoms with Crippen LogP contribution >= 0.6 is 15.9 Å². The highest BCUT2D eigenvalue weighted by Gasteiger charge is 2.31. The van der Waals surface area contributed by atoms with Gasteiger partial charge in [-0.1, -0.05) is 28.4 Å². The van der Waals surface area contributed by atoms with E-state index < -0.39 is 10.1 Å². The van der Waals surface area contributed by atoms with Gasteiger partial charge in [-0.05, 0) is 37.1 Å². The third-order valence-corrected chi connectivity index (χ3v) is 5.15. The molecule has 1 aliphatic carbocycles. The fourth-order valence-electron chi connectivity index (χ4n) is 2.28. The SMILES string of the molecule is N#CC=C[C@@H]1CCC[C@@H]1OS(=O)(=O)c1ccc(Br)cc1. The molecule has 1 aliphatic rings. The molecule has 0 amide bonds. The summed E-state index contributed by atoms with van der Waals surface area (Å²) in [6, 6.07) is 8.27. The molecule has 0 saturated heterocycles. The first-order chi connectivity index (χ1) is 9.53. The number of nitriles is 1. The summed E-state index contributed by atoms with van der Waals surface area (Å²) < 4.78 is 30.5. The van der Waals surface area contributed by atoms with Crippen LogP contribution in [0.3, 0.4) is 0 Å². The number of rotatable bonds is 4. The van der Waals surface area contributed by atoms with Crippen LogP contribution in [0.1, 0.15) is 19.3 Å². The quantitative estimate of drug-likeness (QED) is 0.613. The van der Waals surface area contributed by atoms with Crippen molar-refractivity contribution in [3.05, 3.63) is 40.9 Å². The van der Waals surface area contributed by atoms with E-state index >= 15 is 0 Å². The highest BCUT2D eigenvalue weighted by molar-refractivity contribution is 9.10. The minimum atomic E-state index is -3.76. The Kier molecular flexibility index (Phi) is 4.97. The number of allylic oxidation sites excluding steroid dienone is 1. The third kappa shape index (κ3) is 3.69. The summed E-state index contributed by atoms with van der Waals surface area (Å²) in [6.07, 6.45) is 5.18. The van der Waals surface area contributed by atoms with Gasteiger partial charge in [0.15, 0.2) is 0 Å². The summed E-state index contributed by atoms with van der Waals surface area (Å²) in [5.74, 6) is -0.0140. The molecule has 106 valence electrons. The molecular weight excluding hydrogens is 342 g/mol. The second-order valence-electron chi connectivity index (χ2n) is 4.63. The number of hydrogen-bond acceptors (Lipinski definition) is 4. The molecule has 2 atom stereocenters. The Morgan fingerprint density at radius 1 is 1.30 bits per heavy atom. The molecule has 0 aromatic heterocycles. The zero-order valence-electron chi connectivity index (χ0n) is 10.7. The van der Waals surface area contributed by atoms with Gasteiger partial charge in [-0.3, -0.25) is 4.18 Å². The molecule has 1 aromatic rings. The molecule has 0 aliphatic heterocycles. The summed E-state index contributed by atoms with van der Waals surface area (Å²) >= 11 is 3.26. The van der Waals surface area contributed by atoms with Crippen LogP contribution in [-0.2, 0) is 14.3 Å². The van der Waals surface area contributed by atoms with E-state index in [1.54, 1.807) is 18.2 Å². The van der Waals surface area contributed by atoms with E-state index in [0.717, 1.165) is 17.3 Å². The Labute approximate surface area is 127 Å². The van der Waals surface area contributed by atoms with Crippen LogP contribution in [-0.4, -0.2) is 14.5 Å². The molecule has 6 heteroatoms. The van der Waals surface area contributed by atoms with Crippen molar-refractivity contribution < 1.29 is 12.6 Å². The van der Waals surface area contributed by atoms with E-state index in [1.807, 2.05) is 6.07 Å². The molecule has 0 radical (unpaired) electrons. The Morgan fingerprint density at radius 3 is 2.65 bits per heavy atom. The molecule has 2 rings (SSSR count). The second kappa shape index (κ2) is 6.53. The van der Waals surface area contributed by atoms with Gasteiger partial charge in [0.05, 0.1) is 17.1 Å². The Hall–Kier alpha value is -1.16. The maximum atomic E-state index is 12.2. The predicted octanol–water partition coefficient (Wildman–Crippen LogP) is 3.40. The molecule has 1 fully saturated rings. The van der Waals surface area contributed by atoms with Crippen LogP contribution in [0.4, 0.5) is 0 Å². The van der Waals surface area contributed by atoms with Crippen molar-refractivity contribution >= 4 is 26.0 Å². The summed E-state index contributed by atoms with van der Waals surface area (Å²) in [6.45, 7) is 0. The van der Waals surface area contributed by atoms with E-state index in [9.17, 15) is 8.42 Å². The molecule has 0 unspecified atom stereocenters. The van der Waals surface area contributed by atoms with Gasteiger partial charge in [0, 0.05) is 16.5 Å². The van der Waals surface area contributed by atoms with Crippen LogP contribution in [0, 0.1) is 17.2 Å². The van der Waals surface area contributed by atoms with Gasteiger partial charge in [0.1, 0.15) is 0 Å². The van der Waals surface area contributed by atoms with Crippen molar-refractivity contribution in [3.63, 3.8) is 0 Å². The molecule has 4 nitrogen and oxygen atoms in total. The van der Waals surface area contributed by atoms with Gasteiger partial charge in [-0.2, -0.15) is 13.7 Å². The summed E-state index contributed by atoms with van der Waals surface area (Å²) in [5.41, 5.74) is 0. The normalized spacial score (nSPS) is 23.0. The van der Waals surface area contributed by atoms with Crippen molar-refractivity contribution in [2.75, 3.05) is 0 Å². The third-order valence-electron chi connectivity index (χ3n) is 3.27. The maximum absolute atomic E-state index is 12.2. The number of halogens is 1. The zero-order chi connectivity index (χ0) is 14.6. The number of nitrogens with zero attached hydrogens (tertiary/aromatic N) is 1. The van der Waals surface area contributed by atoms with E-state index in [-0.39, 0.29) is 16.9 Å². The average molecular weight is 356 g/mol. The lowest BCUT2D eigenvalue weighted by atomic mass is 10.1. The van der Waals surface area contributed by atoms with E-state index in [1.165, 1.54) is 18.2 Å². The Morgan fingerprint density at radius 2 is 2.00 bits per heavy atom. The summed E-state index contributed by atoms with van der Waals surface area (Å²) in [5, 5.41) is 8.55. The van der Waals surface area contributed by atoms with Crippen LogP contribution < -0.4 is 0 Å². The van der Waals surface area contributed by atoms with Gasteiger partial charge >= 0.3 is 0 Å². The predicted molar refractivity (Wildman–Crippen MR) is 78.3 cm³/mol. The first kappa shape index (κ1) is 15.2. The second-order valence-corrected chi connectivity index (χ2v) is 7.11. The van der Waals surface area contributed by atoms with Crippen LogP contribution in [0.15, 0.2) is 45.8 Å². The molecule has 1 aromatic carbocycles. The molecule has 0 spiro atoms. The van der Waals surface area contributed by atoms with Crippen molar-refractivity contribution in [2.45, 2.75) is 30.3 Å². The standard InChI is InChI=1S/C14H14BrNO3S/c15-12-6-8-13(9-7-12)20(17,18)19-14-5-1-3-11(14)4-2-10-16/h2,4,6-9,11,14H,1,3,5H2/t11-,14-/m0/s1. The minimum Gasteiger partial charge on any atom is -0.262 e. The number of benzene rings is 1. The largest absolute Gasteiger partial charge is 0.297 e. The summed E-state index contributed by atoms with van der Waals surface area (Å²) in [4.78, 5) is 0.149. The fourth-order valence-corrected chi connectivity index (χ4v) is 3.69. The molecule has 0 N–H and O–H groups in total. The Bertz CT molecular complexity index is 631. The van der Waals surface area contributed by atoms with Gasteiger partial charge < -0.3 is 0 Å². The lowest BCUT2D eigenvalue weighted by Crippen LogP contribution is -2.21. The average Bonchev–Trinajstić information content (AvgIpc) is 2.83. The van der Waals surface area contributed by atoms with Gasteiger partial charge in [0.2, 0.25) is 0 Å². The van der Waals surface area contributed by atoms with Gasteiger partial charge in [0.25, 0.3) is 10.1 Å². The van der Waals surface area contributed by atoms with E-state index in [0.29, 0.717) is 6.42 Å². The molecule has 1 saturated carbocycles. The fraction of sp³-hybridized carbons (Fsp3) is 0.357. The van der Waals surface area contributed by atoms with E-state index in [2.05, 4.69) is 15.9 Å². The minimum absolute atomic E-state index is 0.0140. The topological polar surface area (TPSA) is 67.2 Å². The van der Waals surface area contributed by atoms with Crippen LogP contribution in [0.25, 0.3) is 0 Å². The molecule has 0 heterocycles. The van der Waals surface area contributed by atoms with Crippen LogP contribution in [0.2, 0.25) is 0 Å². The summed E-state index contributed by atoms with van der Waals surface area (Å²) in [7, 11) is -3.76. The molecule has 20 heavy (non-hydrogen) atoms. The van der Waals surface area contributed by atoms with Gasteiger partial charge in [-0.25, -0.2) is 0 Å². The van der Waals surface area contributed by atoms with Gasteiger partial charge in [-0.15, -0.1) is 0 Å². The smallest absolute Gasteiger partial charge is 0.262 e. The lowest BCUT2D eigenvalue weighted by molar-refractivity contribution is 0.187. The van der Waals surface area contributed by atoms with Crippen molar-refractivity contribution in [1.29, 1.82) is 5.26 Å². The highest BCUT2D eigenvalue weighted by atomic mass is 79.9. The number of hydrogen-bond donors (Lipinski definition) is 0. The highest BCUT2D eigenvalue weighted by Crippen LogP contribution is 2.32. The Balaban J connectivity index is 2.14. The molecule has 0 bridgehead atoms. The zero-order valence-corrected chi connectivity index (χ0v) is 13.1. The van der Waals surface area contributed by atoms with Crippen LogP contribution in [0.5, 0.6) is 0 Å². The first-order valence-corrected chi connectivity index (χ1v) is 8.48. The first-order valence-electron chi connectivity index (χ1n) is 6.28.